The molecule has 0 spiro atoms. The van der Waals surface area contributed by atoms with Crippen LogP contribution in [0.2, 0.25) is 0 Å². The highest BCUT2D eigenvalue weighted by molar-refractivity contribution is 5.49. The lowest BCUT2D eigenvalue weighted by Crippen LogP contribution is -2.14. The predicted molar refractivity (Wildman–Crippen MR) is 75.1 cm³/mol. The molecule has 0 saturated carbocycles. The van der Waals surface area contributed by atoms with Crippen LogP contribution >= 0.6 is 0 Å². The van der Waals surface area contributed by atoms with Crippen LogP contribution in [0.4, 0.5) is 0 Å². The summed E-state index contributed by atoms with van der Waals surface area (Å²) in [6.45, 7) is 15.2. The first-order valence-corrected chi connectivity index (χ1v) is 6.47. The van der Waals surface area contributed by atoms with E-state index >= 15 is 0 Å². The third kappa shape index (κ3) is 2.26. The lowest BCUT2D eigenvalue weighted by molar-refractivity contribution is 0.544. The number of hydrogen-bond donors (Lipinski definition) is 0. The molecule has 0 fully saturated rings. The zero-order valence-corrected chi connectivity index (χ0v) is 12.5. The molecule has 0 unspecified atom stereocenters. The van der Waals surface area contributed by atoms with Crippen molar-refractivity contribution in [2.45, 2.75) is 59.3 Å². The molecule has 0 bridgehead atoms. The van der Waals surface area contributed by atoms with Gasteiger partial charge in [-0.2, -0.15) is 5.10 Å². The van der Waals surface area contributed by atoms with Crippen molar-refractivity contribution in [2.75, 3.05) is 0 Å². The first-order chi connectivity index (χ1) is 8.09. The molecular weight excluding hydrogens is 222 g/mol. The van der Waals surface area contributed by atoms with E-state index in [0.29, 0.717) is 0 Å². The SMILES string of the molecule is Cc1cc(C(C)(C)C)cn2nc(C(C)(C)C)nc12. The van der Waals surface area contributed by atoms with E-state index in [2.05, 4.69) is 70.8 Å². The summed E-state index contributed by atoms with van der Waals surface area (Å²) in [6.07, 6.45) is 2.10. The summed E-state index contributed by atoms with van der Waals surface area (Å²) >= 11 is 0. The molecule has 2 aromatic rings. The Bertz CT molecular complexity index is 580. The number of rotatable bonds is 0. The summed E-state index contributed by atoms with van der Waals surface area (Å²) in [4.78, 5) is 4.66. The Kier molecular flexibility index (Phi) is 2.76. The highest BCUT2D eigenvalue weighted by Gasteiger charge is 2.22. The number of nitrogens with zero attached hydrogens (tertiary/aromatic N) is 3. The van der Waals surface area contributed by atoms with Crippen molar-refractivity contribution in [1.82, 2.24) is 14.6 Å². The van der Waals surface area contributed by atoms with Crippen molar-refractivity contribution >= 4 is 5.65 Å². The van der Waals surface area contributed by atoms with Crippen molar-refractivity contribution in [3.63, 3.8) is 0 Å². The van der Waals surface area contributed by atoms with Crippen LogP contribution < -0.4 is 0 Å². The van der Waals surface area contributed by atoms with Crippen molar-refractivity contribution in [3.05, 3.63) is 29.2 Å². The van der Waals surface area contributed by atoms with E-state index in [-0.39, 0.29) is 10.8 Å². The van der Waals surface area contributed by atoms with Gasteiger partial charge in [0.1, 0.15) is 0 Å². The highest BCUT2D eigenvalue weighted by Crippen LogP contribution is 2.26. The molecule has 0 saturated heterocycles. The Morgan fingerprint density at radius 3 is 2.11 bits per heavy atom. The van der Waals surface area contributed by atoms with Crippen LogP contribution in [-0.4, -0.2) is 14.6 Å². The topological polar surface area (TPSA) is 30.2 Å². The van der Waals surface area contributed by atoms with Gasteiger partial charge in [-0.15, -0.1) is 0 Å². The molecule has 18 heavy (non-hydrogen) atoms. The van der Waals surface area contributed by atoms with Crippen LogP contribution in [0.3, 0.4) is 0 Å². The molecule has 0 atom stereocenters. The van der Waals surface area contributed by atoms with Gasteiger partial charge in [0.25, 0.3) is 0 Å². The Balaban J connectivity index is 2.67. The largest absolute Gasteiger partial charge is 0.220 e. The molecule has 0 amide bonds. The molecule has 0 aliphatic heterocycles. The summed E-state index contributed by atoms with van der Waals surface area (Å²) in [7, 11) is 0. The normalized spacial score (nSPS) is 13.3. The highest BCUT2D eigenvalue weighted by atomic mass is 15.3. The fourth-order valence-corrected chi connectivity index (χ4v) is 1.88. The fraction of sp³-hybridized carbons (Fsp3) is 0.600. The standard InChI is InChI=1S/C15H23N3/c1-10-8-11(14(2,3)4)9-18-12(10)16-13(17-18)15(5,6)7/h8-9H,1-7H3. The second-order valence-corrected chi connectivity index (χ2v) is 7.12. The summed E-state index contributed by atoms with van der Waals surface area (Å²) < 4.78 is 1.93. The number of pyridine rings is 1. The molecule has 0 N–H and O–H groups in total. The van der Waals surface area contributed by atoms with Crippen LogP contribution in [0.15, 0.2) is 12.3 Å². The lowest BCUT2D eigenvalue weighted by atomic mass is 9.88. The molecule has 0 radical (unpaired) electrons. The van der Waals surface area contributed by atoms with Gasteiger partial charge in [-0.3, -0.25) is 0 Å². The van der Waals surface area contributed by atoms with E-state index in [0.717, 1.165) is 11.5 Å². The van der Waals surface area contributed by atoms with E-state index in [9.17, 15) is 0 Å². The van der Waals surface area contributed by atoms with Gasteiger partial charge in [0.05, 0.1) is 0 Å². The summed E-state index contributed by atoms with van der Waals surface area (Å²) in [5.41, 5.74) is 3.56. The predicted octanol–water partition coefficient (Wildman–Crippen LogP) is 3.63. The van der Waals surface area contributed by atoms with Gasteiger partial charge in [-0.1, -0.05) is 47.6 Å². The Labute approximate surface area is 109 Å². The average Bonchev–Trinajstić information content (AvgIpc) is 2.59. The van der Waals surface area contributed by atoms with Crippen LogP contribution in [-0.2, 0) is 10.8 Å². The molecule has 98 valence electrons. The van der Waals surface area contributed by atoms with Crippen molar-refractivity contribution in [2.24, 2.45) is 0 Å². The molecular formula is C15H23N3. The van der Waals surface area contributed by atoms with E-state index in [1.807, 2.05) is 4.52 Å². The maximum absolute atomic E-state index is 4.66. The van der Waals surface area contributed by atoms with Gasteiger partial charge in [0.15, 0.2) is 11.5 Å². The van der Waals surface area contributed by atoms with Crippen LogP contribution in [0.25, 0.3) is 5.65 Å². The molecule has 2 aromatic heterocycles. The molecule has 3 heteroatoms. The Morgan fingerprint density at radius 1 is 1.00 bits per heavy atom. The maximum Gasteiger partial charge on any atom is 0.158 e. The van der Waals surface area contributed by atoms with Crippen molar-refractivity contribution < 1.29 is 0 Å². The lowest BCUT2D eigenvalue weighted by Gasteiger charge is -2.19. The minimum absolute atomic E-state index is 0.0135. The van der Waals surface area contributed by atoms with Gasteiger partial charge >= 0.3 is 0 Å². The van der Waals surface area contributed by atoms with E-state index in [1.165, 1.54) is 11.1 Å². The Morgan fingerprint density at radius 2 is 1.61 bits per heavy atom. The monoisotopic (exact) mass is 245 g/mol. The summed E-state index contributed by atoms with van der Waals surface area (Å²) in [6, 6.07) is 2.22. The van der Waals surface area contributed by atoms with E-state index in [4.69, 9.17) is 0 Å². The smallest absolute Gasteiger partial charge is 0.158 e. The molecule has 2 heterocycles. The van der Waals surface area contributed by atoms with E-state index in [1.54, 1.807) is 0 Å². The number of fused-ring (bicyclic) bond motifs is 1. The van der Waals surface area contributed by atoms with Crippen molar-refractivity contribution in [3.8, 4) is 0 Å². The minimum Gasteiger partial charge on any atom is -0.220 e. The second-order valence-electron chi connectivity index (χ2n) is 7.12. The number of hydrogen-bond acceptors (Lipinski definition) is 2. The van der Waals surface area contributed by atoms with Gasteiger partial charge in [-0.05, 0) is 23.5 Å². The third-order valence-electron chi connectivity index (χ3n) is 3.15. The third-order valence-corrected chi connectivity index (χ3v) is 3.15. The first kappa shape index (κ1) is 13.1. The number of aromatic nitrogens is 3. The molecule has 3 nitrogen and oxygen atoms in total. The van der Waals surface area contributed by atoms with Crippen LogP contribution in [0.1, 0.15) is 58.5 Å². The van der Waals surface area contributed by atoms with Gasteiger partial charge in [0.2, 0.25) is 0 Å². The quantitative estimate of drug-likeness (QED) is 0.709. The minimum atomic E-state index is -0.0135. The number of aryl methyl sites for hydroxylation is 1. The molecule has 2 rings (SSSR count). The first-order valence-electron chi connectivity index (χ1n) is 6.47. The van der Waals surface area contributed by atoms with Crippen LogP contribution in [0, 0.1) is 6.92 Å². The van der Waals surface area contributed by atoms with Gasteiger partial charge < -0.3 is 0 Å². The molecule has 0 aromatic carbocycles. The zero-order chi connectivity index (χ0) is 13.7. The maximum atomic E-state index is 4.66. The van der Waals surface area contributed by atoms with Gasteiger partial charge in [0, 0.05) is 11.6 Å². The average molecular weight is 245 g/mol. The van der Waals surface area contributed by atoms with E-state index < -0.39 is 0 Å². The zero-order valence-electron chi connectivity index (χ0n) is 12.5. The molecule has 0 aliphatic carbocycles. The molecule has 0 aliphatic rings. The van der Waals surface area contributed by atoms with Crippen molar-refractivity contribution in [1.29, 1.82) is 0 Å². The van der Waals surface area contributed by atoms with Gasteiger partial charge in [-0.25, -0.2) is 9.50 Å². The summed E-state index contributed by atoms with van der Waals surface area (Å²) in [5.74, 6) is 0.900. The second kappa shape index (κ2) is 3.81. The van der Waals surface area contributed by atoms with Crippen LogP contribution in [0.5, 0.6) is 0 Å². The Hall–Kier alpha value is -1.38. The summed E-state index contributed by atoms with van der Waals surface area (Å²) in [5, 5.41) is 4.62. The fourth-order valence-electron chi connectivity index (χ4n) is 1.88.